The van der Waals surface area contributed by atoms with Crippen LogP contribution in [0.25, 0.3) is 28.3 Å². The van der Waals surface area contributed by atoms with Gasteiger partial charge in [-0.25, -0.2) is 0 Å². The average molecular weight is 308 g/mol. The van der Waals surface area contributed by atoms with Crippen molar-refractivity contribution in [2.45, 2.75) is 0 Å². The zero-order valence-electron chi connectivity index (χ0n) is 13.1. The van der Waals surface area contributed by atoms with Crippen LogP contribution in [0, 0.1) is 0 Å². The molecule has 0 aliphatic heterocycles. The lowest BCUT2D eigenvalue weighted by atomic mass is 10.1. The molecule has 0 spiro atoms. The highest BCUT2D eigenvalue weighted by Gasteiger charge is 2.05. The first-order valence-electron chi connectivity index (χ1n) is 8.00. The maximum Gasteiger partial charge on any atom is 0.185 e. The minimum absolute atomic E-state index is 0.0171. The van der Waals surface area contributed by atoms with Gasteiger partial charge >= 0.3 is 0 Å². The molecule has 1 nitrogen and oxygen atoms in total. The van der Waals surface area contributed by atoms with Crippen LogP contribution in [0.3, 0.4) is 0 Å². The van der Waals surface area contributed by atoms with Gasteiger partial charge in [0.2, 0.25) is 0 Å². The van der Waals surface area contributed by atoms with Gasteiger partial charge in [0, 0.05) is 5.56 Å². The Bertz CT molecular complexity index is 919. The first kappa shape index (κ1) is 14.4. The van der Waals surface area contributed by atoms with E-state index in [1.165, 1.54) is 11.1 Å². The smallest absolute Gasteiger partial charge is 0.185 e. The molecule has 4 aliphatic rings. The number of hydrogen-bond acceptors (Lipinski definition) is 1. The molecule has 0 amide bonds. The topological polar surface area (TPSA) is 17.1 Å². The molecular weight excluding hydrogens is 292 g/mol. The summed E-state index contributed by atoms with van der Waals surface area (Å²) in [6, 6.07) is 28.3. The normalized spacial score (nSPS) is 11.3. The van der Waals surface area contributed by atoms with Gasteiger partial charge in [-0.3, -0.25) is 4.79 Å². The van der Waals surface area contributed by atoms with Crippen molar-refractivity contribution in [3.8, 4) is 22.3 Å². The van der Waals surface area contributed by atoms with Crippen LogP contribution in [-0.2, 0) is 0 Å². The van der Waals surface area contributed by atoms with Gasteiger partial charge in [-0.1, -0.05) is 78.9 Å². The van der Waals surface area contributed by atoms with Crippen LogP contribution in [0.5, 0.6) is 0 Å². The van der Waals surface area contributed by atoms with Gasteiger partial charge in [0.1, 0.15) is 0 Å². The van der Waals surface area contributed by atoms with E-state index in [9.17, 15) is 4.79 Å². The summed E-state index contributed by atoms with van der Waals surface area (Å²) in [4.78, 5) is 12.4. The third-order valence-electron chi connectivity index (χ3n) is 4.23. The molecule has 0 atom stereocenters. The highest BCUT2D eigenvalue weighted by molar-refractivity contribution is 6.07. The fourth-order valence-corrected chi connectivity index (χ4v) is 2.93. The summed E-state index contributed by atoms with van der Waals surface area (Å²) in [6.45, 7) is 0. The second-order valence-electron chi connectivity index (χ2n) is 5.87. The largest absolute Gasteiger partial charge is 0.289 e. The summed E-state index contributed by atoms with van der Waals surface area (Å²) in [6.07, 6.45) is 3.53. The molecule has 0 saturated carbocycles. The highest BCUT2D eigenvalue weighted by atomic mass is 16.1. The second kappa shape index (κ2) is 6.13. The van der Waals surface area contributed by atoms with Gasteiger partial charge in [0.15, 0.2) is 5.78 Å². The van der Waals surface area contributed by atoms with Crippen molar-refractivity contribution >= 4 is 11.9 Å². The Labute approximate surface area is 141 Å². The highest BCUT2D eigenvalue weighted by Crippen LogP contribution is 2.26. The van der Waals surface area contributed by atoms with Gasteiger partial charge in [-0.2, -0.15) is 0 Å². The summed E-state index contributed by atoms with van der Waals surface area (Å²) in [5.74, 6) is 0.0171. The van der Waals surface area contributed by atoms with Gasteiger partial charge in [0.25, 0.3) is 0 Å². The van der Waals surface area contributed by atoms with E-state index in [0.29, 0.717) is 5.56 Å². The fraction of sp³-hybridized carbons (Fsp3) is 0. The molecule has 4 aliphatic carbocycles. The van der Waals surface area contributed by atoms with Crippen molar-refractivity contribution in [2.24, 2.45) is 0 Å². The predicted octanol–water partition coefficient (Wildman–Crippen LogP) is 5.79. The lowest BCUT2D eigenvalue weighted by Gasteiger charge is -1.90. The van der Waals surface area contributed by atoms with Crippen molar-refractivity contribution < 1.29 is 4.79 Å². The summed E-state index contributed by atoms with van der Waals surface area (Å²) >= 11 is 0. The van der Waals surface area contributed by atoms with Crippen LogP contribution in [-0.4, -0.2) is 5.78 Å². The van der Waals surface area contributed by atoms with Crippen molar-refractivity contribution in [1.82, 2.24) is 0 Å². The van der Waals surface area contributed by atoms with Gasteiger partial charge in [-0.05, 0) is 46.0 Å². The molecule has 24 heavy (non-hydrogen) atoms. The Hall–Kier alpha value is -3.19. The molecule has 0 N–H and O–H groups in total. The lowest BCUT2D eigenvalue weighted by molar-refractivity contribution is 0.104. The first-order valence-corrected chi connectivity index (χ1v) is 8.00. The number of allylic oxidation sites excluding steroid dienone is 1. The molecule has 114 valence electrons. The third kappa shape index (κ3) is 2.84. The second-order valence-corrected chi connectivity index (χ2v) is 5.87. The molecule has 0 aromatic carbocycles. The zero-order chi connectivity index (χ0) is 16.4. The monoisotopic (exact) mass is 308 g/mol. The van der Waals surface area contributed by atoms with E-state index in [2.05, 4.69) is 36.4 Å². The van der Waals surface area contributed by atoms with E-state index in [1.807, 2.05) is 54.6 Å². The molecule has 0 fully saturated rings. The van der Waals surface area contributed by atoms with Crippen LogP contribution >= 0.6 is 0 Å². The minimum Gasteiger partial charge on any atom is -0.289 e. The van der Waals surface area contributed by atoms with Gasteiger partial charge in [-0.15, -0.1) is 0 Å². The summed E-state index contributed by atoms with van der Waals surface area (Å²) in [5.41, 5.74) is 6.39. The molecule has 0 radical (unpaired) electrons. The molecule has 0 aromatic rings. The van der Waals surface area contributed by atoms with Gasteiger partial charge in [0.05, 0.1) is 0 Å². The predicted molar refractivity (Wildman–Crippen MR) is 99.5 cm³/mol. The van der Waals surface area contributed by atoms with Crippen molar-refractivity contribution in [1.29, 1.82) is 0 Å². The van der Waals surface area contributed by atoms with Crippen molar-refractivity contribution in [2.75, 3.05) is 0 Å². The molecule has 0 unspecified atom stereocenters. The molecule has 0 heterocycles. The Morgan fingerprint density at radius 2 is 1.21 bits per heavy atom. The quantitative estimate of drug-likeness (QED) is 0.346. The number of fused-ring (bicyclic) bond motifs is 2. The van der Waals surface area contributed by atoms with E-state index in [1.54, 1.807) is 6.08 Å². The maximum absolute atomic E-state index is 12.4. The Morgan fingerprint density at radius 1 is 0.625 bits per heavy atom. The molecule has 4 rings (SSSR count). The van der Waals surface area contributed by atoms with E-state index in [-0.39, 0.29) is 5.78 Å². The van der Waals surface area contributed by atoms with Crippen LogP contribution in [0.4, 0.5) is 0 Å². The van der Waals surface area contributed by atoms with E-state index < -0.39 is 0 Å². The maximum atomic E-state index is 12.4. The average Bonchev–Trinajstić information content (AvgIpc) is 3.07. The fourth-order valence-electron chi connectivity index (χ4n) is 2.93. The van der Waals surface area contributed by atoms with E-state index in [0.717, 1.165) is 16.7 Å². The molecule has 1 heteroatoms. The van der Waals surface area contributed by atoms with Crippen molar-refractivity contribution in [3.63, 3.8) is 0 Å². The molecule has 0 bridgehead atoms. The van der Waals surface area contributed by atoms with E-state index >= 15 is 0 Å². The Morgan fingerprint density at radius 3 is 1.83 bits per heavy atom. The van der Waals surface area contributed by atoms with Crippen LogP contribution in [0.15, 0.2) is 91.0 Å². The SMILES string of the molecule is O=C(/C=C/c1cc2cccccc-2c1)c1ccc2cccc-2cc1. The van der Waals surface area contributed by atoms with Crippen molar-refractivity contribution in [3.05, 3.63) is 102 Å². The number of hydrogen-bond donors (Lipinski definition) is 0. The number of rotatable bonds is 3. The molecule has 0 aromatic heterocycles. The lowest BCUT2D eigenvalue weighted by Crippen LogP contribution is -1.91. The zero-order valence-corrected chi connectivity index (χ0v) is 13.1. The van der Waals surface area contributed by atoms with Gasteiger partial charge < -0.3 is 0 Å². The van der Waals surface area contributed by atoms with Crippen LogP contribution in [0.2, 0.25) is 0 Å². The first-order chi connectivity index (χ1) is 11.8. The number of ketones is 1. The molecular formula is C23H16O. The van der Waals surface area contributed by atoms with E-state index in [4.69, 9.17) is 0 Å². The minimum atomic E-state index is 0.0171. The summed E-state index contributed by atoms with van der Waals surface area (Å²) in [7, 11) is 0. The number of carbonyl (C=O) groups excluding carboxylic acids is 1. The Kier molecular flexibility index (Phi) is 3.68. The van der Waals surface area contributed by atoms with Crippen LogP contribution < -0.4 is 0 Å². The number of carbonyl (C=O) groups is 1. The Balaban J connectivity index is 1.61. The van der Waals surface area contributed by atoms with Crippen LogP contribution in [0.1, 0.15) is 15.9 Å². The molecule has 0 saturated heterocycles. The standard InChI is InChI=1S/C23H16O/c24-23(20-12-10-18-7-4-8-19(18)11-13-20)14-9-17-15-21-5-2-1-3-6-22(21)16-17/h1-16H/b14-9+. The summed E-state index contributed by atoms with van der Waals surface area (Å²) in [5, 5.41) is 0. The summed E-state index contributed by atoms with van der Waals surface area (Å²) < 4.78 is 0. The third-order valence-corrected chi connectivity index (χ3v) is 4.23.